The van der Waals surface area contributed by atoms with Crippen LogP contribution in [-0.2, 0) is 16.9 Å². The summed E-state index contributed by atoms with van der Waals surface area (Å²) in [6.45, 7) is 0. The summed E-state index contributed by atoms with van der Waals surface area (Å²) in [5.41, 5.74) is 3.15. The monoisotopic (exact) mass is 284 g/mol. The predicted molar refractivity (Wildman–Crippen MR) is 80.9 cm³/mol. The van der Waals surface area contributed by atoms with Crippen molar-refractivity contribution in [3.63, 3.8) is 0 Å². The Balaban J connectivity index is 1.87. The lowest BCUT2D eigenvalue weighted by atomic mass is 9.64. The molecule has 3 nitrogen and oxygen atoms in total. The van der Waals surface area contributed by atoms with Gasteiger partial charge in [-0.2, -0.15) is 11.8 Å². The zero-order chi connectivity index (χ0) is 13.6. The number of benzene rings is 1. The van der Waals surface area contributed by atoms with E-state index in [4.69, 9.17) is 4.98 Å². The number of H-pyrrole nitrogens is 1. The molecule has 1 aliphatic carbocycles. The van der Waals surface area contributed by atoms with Crippen molar-refractivity contribution in [3.05, 3.63) is 63.3 Å². The largest absolute Gasteiger partial charge is 0.310 e. The molecule has 20 heavy (non-hydrogen) atoms. The number of aromatic amines is 1. The molecule has 1 saturated carbocycles. The molecule has 102 valence electrons. The molecule has 0 atom stereocenters. The summed E-state index contributed by atoms with van der Waals surface area (Å²) in [5, 5.41) is 0. The van der Waals surface area contributed by atoms with E-state index in [2.05, 4.69) is 29.2 Å². The van der Waals surface area contributed by atoms with Gasteiger partial charge in [-0.05, 0) is 18.4 Å². The topological polar surface area (TPSA) is 45.8 Å². The molecular formula is C16H16N2OS. The van der Waals surface area contributed by atoms with Crippen molar-refractivity contribution in [1.29, 1.82) is 0 Å². The minimum Gasteiger partial charge on any atom is -0.310 e. The van der Waals surface area contributed by atoms with Crippen LogP contribution >= 0.6 is 11.8 Å². The molecule has 1 fully saturated rings. The number of fused-ring (bicyclic) bond motifs is 1. The Hall–Kier alpha value is -1.55. The van der Waals surface area contributed by atoms with Crippen molar-refractivity contribution in [1.82, 2.24) is 9.97 Å². The van der Waals surface area contributed by atoms with Gasteiger partial charge in [0.25, 0.3) is 5.56 Å². The van der Waals surface area contributed by atoms with E-state index in [0.29, 0.717) is 0 Å². The van der Waals surface area contributed by atoms with Crippen LogP contribution in [0.1, 0.15) is 41.9 Å². The molecule has 2 aliphatic rings. The highest BCUT2D eigenvalue weighted by atomic mass is 32.2. The zero-order valence-electron chi connectivity index (χ0n) is 11.2. The highest BCUT2D eigenvalue weighted by molar-refractivity contribution is 7.98. The Morgan fingerprint density at radius 3 is 2.65 bits per heavy atom. The molecule has 2 heterocycles. The first-order valence-corrected chi connectivity index (χ1v) is 8.21. The van der Waals surface area contributed by atoms with Gasteiger partial charge < -0.3 is 4.98 Å². The maximum atomic E-state index is 12.2. The average Bonchev–Trinajstić information content (AvgIpc) is 2.88. The molecule has 1 aliphatic heterocycles. The van der Waals surface area contributed by atoms with Gasteiger partial charge in [0.1, 0.15) is 5.82 Å². The van der Waals surface area contributed by atoms with Crippen LogP contribution in [0.4, 0.5) is 0 Å². The standard InChI is InChI=1S/C16H16N2OS/c19-14-12-9-20-10-13(12)17-15(18-14)16(7-4-8-16)11-5-2-1-3-6-11/h1-3,5-6H,4,7-10H2,(H,17,18,19). The third-order valence-corrected chi connectivity index (χ3v) is 5.54. The molecule has 0 bridgehead atoms. The first-order valence-electron chi connectivity index (χ1n) is 7.05. The first-order chi connectivity index (χ1) is 9.79. The van der Waals surface area contributed by atoms with Gasteiger partial charge in [-0.15, -0.1) is 0 Å². The van der Waals surface area contributed by atoms with Crippen LogP contribution in [0.2, 0.25) is 0 Å². The Morgan fingerprint density at radius 1 is 1.15 bits per heavy atom. The number of rotatable bonds is 2. The molecule has 1 aromatic carbocycles. The second kappa shape index (κ2) is 4.48. The summed E-state index contributed by atoms with van der Waals surface area (Å²) in [5.74, 6) is 2.55. The van der Waals surface area contributed by atoms with Crippen molar-refractivity contribution in [3.8, 4) is 0 Å². The maximum absolute atomic E-state index is 12.2. The minimum atomic E-state index is -0.0668. The molecule has 0 amide bonds. The van der Waals surface area contributed by atoms with Gasteiger partial charge in [-0.25, -0.2) is 4.98 Å². The van der Waals surface area contributed by atoms with E-state index in [0.717, 1.165) is 41.4 Å². The second-order valence-electron chi connectivity index (χ2n) is 5.63. The van der Waals surface area contributed by atoms with E-state index in [9.17, 15) is 4.79 Å². The average molecular weight is 284 g/mol. The minimum absolute atomic E-state index is 0.0668. The third kappa shape index (κ3) is 1.67. The number of thioether (sulfide) groups is 1. The molecular weight excluding hydrogens is 268 g/mol. The lowest BCUT2D eigenvalue weighted by Gasteiger charge is -2.41. The van der Waals surface area contributed by atoms with Gasteiger partial charge in [-0.1, -0.05) is 36.8 Å². The molecule has 0 radical (unpaired) electrons. The van der Waals surface area contributed by atoms with Crippen LogP contribution < -0.4 is 5.56 Å². The molecule has 2 aromatic rings. The maximum Gasteiger partial charge on any atom is 0.255 e. The summed E-state index contributed by atoms with van der Waals surface area (Å²) in [4.78, 5) is 20.1. The fourth-order valence-electron chi connectivity index (χ4n) is 3.24. The van der Waals surface area contributed by atoms with Crippen LogP contribution in [0.25, 0.3) is 0 Å². The van der Waals surface area contributed by atoms with Crippen LogP contribution in [0.15, 0.2) is 35.1 Å². The summed E-state index contributed by atoms with van der Waals surface area (Å²) >= 11 is 1.78. The number of aromatic nitrogens is 2. The lowest BCUT2D eigenvalue weighted by molar-refractivity contribution is 0.284. The van der Waals surface area contributed by atoms with Gasteiger partial charge in [0.15, 0.2) is 0 Å². The van der Waals surface area contributed by atoms with E-state index >= 15 is 0 Å². The van der Waals surface area contributed by atoms with E-state index in [1.54, 1.807) is 11.8 Å². The molecule has 4 rings (SSSR count). The molecule has 4 heteroatoms. The van der Waals surface area contributed by atoms with Gasteiger partial charge in [0.05, 0.1) is 11.1 Å². The first kappa shape index (κ1) is 12.2. The van der Waals surface area contributed by atoms with E-state index in [1.165, 1.54) is 12.0 Å². The van der Waals surface area contributed by atoms with Gasteiger partial charge in [0.2, 0.25) is 0 Å². The molecule has 0 unspecified atom stereocenters. The Morgan fingerprint density at radius 2 is 1.95 bits per heavy atom. The fourth-order valence-corrected chi connectivity index (χ4v) is 4.27. The summed E-state index contributed by atoms with van der Waals surface area (Å²) in [7, 11) is 0. The fraction of sp³-hybridized carbons (Fsp3) is 0.375. The molecule has 1 aromatic heterocycles. The van der Waals surface area contributed by atoms with Gasteiger partial charge >= 0.3 is 0 Å². The number of nitrogens with zero attached hydrogens (tertiary/aromatic N) is 1. The van der Waals surface area contributed by atoms with E-state index < -0.39 is 0 Å². The Bertz CT molecular complexity index is 704. The van der Waals surface area contributed by atoms with Gasteiger partial charge in [0, 0.05) is 17.1 Å². The Labute approximate surface area is 121 Å². The normalized spacial score (nSPS) is 19.4. The summed E-state index contributed by atoms with van der Waals surface area (Å²) in [6.07, 6.45) is 3.35. The van der Waals surface area contributed by atoms with Crippen molar-refractivity contribution >= 4 is 11.8 Å². The zero-order valence-corrected chi connectivity index (χ0v) is 12.0. The summed E-state index contributed by atoms with van der Waals surface area (Å²) < 4.78 is 0. The van der Waals surface area contributed by atoms with Crippen molar-refractivity contribution in [2.24, 2.45) is 0 Å². The third-order valence-electron chi connectivity index (χ3n) is 4.57. The second-order valence-corrected chi connectivity index (χ2v) is 6.62. The molecule has 0 spiro atoms. The number of hydrogen-bond donors (Lipinski definition) is 1. The molecule has 1 N–H and O–H groups in total. The highest BCUT2D eigenvalue weighted by Gasteiger charge is 2.43. The SMILES string of the molecule is O=c1[nH]c(C2(c3ccccc3)CCC2)nc2c1CSC2. The predicted octanol–water partition coefficient (Wildman–Crippen LogP) is 2.99. The van der Waals surface area contributed by atoms with Crippen LogP contribution in [-0.4, -0.2) is 9.97 Å². The Kier molecular flexibility index (Phi) is 2.74. The van der Waals surface area contributed by atoms with Crippen molar-refractivity contribution in [2.75, 3.05) is 0 Å². The highest BCUT2D eigenvalue weighted by Crippen LogP contribution is 2.47. The molecule has 0 saturated heterocycles. The smallest absolute Gasteiger partial charge is 0.255 e. The lowest BCUT2D eigenvalue weighted by Crippen LogP contribution is -2.39. The van der Waals surface area contributed by atoms with Crippen LogP contribution in [0.3, 0.4) is 0 Å². The van der Waals surface area contributed by atoms with Crippen LogP contribution in [0.5, 0.6) is 0 Å². The number of nitrogens with one attached hydrogen (secondary N) is 1. The van der Waals surface area contributed by atoms with E-state index in [1.807, 2.05) is 6.07 Å². The van der Waals surface area contributed by atoms with Crippen LogP contribution in [0, 0.1) is 0 Å². The van der Waals surface area contributed by atoms with Crippen molar-refractivity contribution in [2.45, 2.75) is 36.2 Å². The number of hydrogen-bond acceptors (Lipinski definition) is 3. The van der Waals surface area contributed by atoms with E-state index in [-0.39, 0.29) is 11.0 Å². The summed E-state index contributed by atoms with van der Waals surface area (Å²) in [6, 6.07) is 10.5. The van der Waals surface area contributed by atoms with Crippen molar-refractivity contribution < 1.29 is 0 Å². The quantitative estimate of drug-likeness (QED) is 0.922. The van der Waals surface area contributed by atoms with Gasteiger partial charge in [-0.3, -0.25) is 4.79 Å².